The number of H-pyrrole nitrogens is 1. The summed E-state index contributed by atoms with van der Waals surface area (Å²) in [6, 6.07) is 7.76. The van der Waals surface area contributed by atoms with Gasteiger partial charge in [-0.2, -0.15) is 4.98 Å². The third-order valence-corrected chi connectivity index (χ3v) is 5.94. The molecule has 2 N–H and O–H groups in total. The van der Waals surface area contributed by atoms with Crippen LogP contribution < -0.4 is 20.9 Å². The number of hydrogen-bond donors (Lipinski definition) is 2. The predicted molar refractivity (Wildman–Crippen MR) is 123 cm³/mol. The minimum atomic E-state index is -0.874. The molecule has 0 radical (unpaired) electrons. The third kappa shape index (κ3) is 4.42. The topological polar surface area (TPSA) is 109 Å². The number of fused-ring (bicyclic) bond motifs is 1. The molecule has 0 bridgehead atoms. The minimum Gasteiger partial charge on any atom is -0.491 e. The summed E-state index contributed by atoms with van der Waals surface area (Å²) < 4.78 is 8.78. The Balaban J connectivity index is 1.62. The van der Waals surface area contributed by atoms with Crippen molar-refractivity contribution in [1.29, 1.82) is 0 Å². The van der Waals surface area contributed by atoms with E-state index in [2.05, 4.69) is 33.7 Å². The molecule has 0 unspecified atom stereocenters. The molecule has 1 aromatic carbocycles. The van der Waals surface area contributed by atoms with E-state index in [9.17, 15) is 14.7 Å². The molecule has 2 aromatic heterocycles. The lowest BCUT2D eigenvalue weighted by Gasteiger charge is -2.33. The molecule has 4 rings (SSSR count). The summed E-state index contributed by atoms with van der Waals surface area (Å²) in [6.07, 6.45) is 0.0732. The zero-order valence-electron chi connectivity index (χ0n) is 18.7. The van der Waals surface area contributed by atoms with Crippen LogP contribution in [0.4, 0.5) is 5.95 Å². The number of nitrogens with zero attached hydrogens (tertiary/aromatic N) is 5. The first-order valence-corrected chi connectivity index (χ1v) is 10.9. The minimum absolute atomic E-state index is 0.0665. The number of piperazine rings is 1. The molecule has 3 aromatic rings. The number of likely N-dealkylation sites (N-methyl/N-ethyl adjacent to an activating group) is 1. The number of ether oxygens (including phenoxy) is 1. The molecular weight excluding hydrogens is 412 g/mol. The van der Waals surface area contributed by atoms with Crippen LogP contribution in [0.2, 0.25) is 0 Å². The van der Waals surface area contributed by atoms with E-state index in [4.69, 9.17) is 4.74 Å². The molecule has 3 heterocycles. The number of aromatic amines is 1. The smallest absolute Gasteiger partial charge is 0.329 e. The number of aliphatic hydroxyl groups is 1. The fourth-order valence-electron chi connectivity index (χ4n) is 3.92. The van der Waals surface area contributed by atoms with Gasteiger partial charge in [-0.05, 0) is 31.2 Å². The maximum atomic E-state index is 12.7. The summed E-state index contributed by atoms with van der Waals surface area (Å²) in [6.45, 7) is 5.47. The van der Waals surface area contributed by atoms with Gasteiger partial charge in [0.05, 0.1) is 6.54 Å². The van der Waals surface area contributed by atoms with E-state index < -0.39 is 17.4 Å². The first kappa shape index (κ1) is 22.1. The fourth-order valence-corrected chi connectivity index (χ4v) is 3.92. The average Bonchev–Trinajstić information content (AvgIpc) is 3.16. The molecule has 1 fully saturated rings. The van der Waals surface area contributed by atoms with Crippen LogP contribution in [0.1, 0.15) is 12.5 Å². The number of aromatic nitrogens is 4. The van der Waals surface area contributed by atoms with Crippen molar-refractivity contribution in [2.75, 3.05) is 44.7 Å². The highest BCUT2D eigenvalue weighted by atomic mass is 16.5. The average molecular weight is 443 g/mol. The van der Waals surface area contributed by atoms with Gasteiger partial charge in [0, 0.05) is 33.2 Å². The van der Waals surface area contributed by atoms with E-state index >= 15 is 0 Å². The highest BCUT2D eigenvalue weighted by Crippen LogP contribution is 2.21. The van der Waals surface area contributed by atoms with Gasteiger partial charge >= 0.3 is 5.69 Å². The Morgan fingerprint density at radius 1 is 1.12 bits per heavy atom. The van der Waals surface area contributed by atoms with Gasteiger partial charge in [-0.15, -0.1) is 0 Å². The van der Waals surface area contributed by atoms with Gasteiger partial charge in [0.15, 0.2) is 11.2 Å². The van der Waals surface area contributed by atoms with Crippen molar-refractivity contribution in [3.8, 4) is 5.75 Å². The molecule has 10 nitrogen and oxygen atoms in total. The quantitative estimate of drug-likeness (QED) is 0.537. The molecular formula is C22H30N6O4. The number of aryl methyl sites for hydroxylation is 2. The molecule has 0 amide bonds. The van der Waals surface area contributed by atoms with Gasteiger partial charge in [-0.1, -0.05) is 19.1 Å². The molecule has 1 aliphatic heterocycles. The number of benzene rings is 1. The summed E-state index contributed by atoms with van der Waals surface area (Å²) in [4.78, 5) is 36.0. The normalized spacial score (nSPS) is 15.9. The summed E-state index contributed by atoms with van der Waals surface area (Å²) in [7, 11) is 3.63. The first-order valence-electron chi connectivity index (χ1n) is 10.9. The van der Waals surface area contributed by atoms with Crippen LogP contribution in [-0.4, -0.2) is 75.0 Å². The predicted octanol–water partition coefficient (Wildman–Crippen LogP) is 0.177. The zero-order valence-corrected chi connectivity index (χ0v) is 18.7. The largest absolute Gasteiger partial charge is 0.491 e. The van der Waals surface area contributed by atoms with E-state index in [0.717, 1.165) is 32.6 Å². The maximum Gasteiger partial charge on any atom is 0.329 e. The second-order valence-electron chi connectivity index (χ2n) is 8.27. The van der Waals surface area contributed by atoms with Crippen LogP contribution in [0.5, 0.6) is 5.75 Å². The van der Waals surface area contributed by atoms with Crippen molar-refractivity contribution in [3.63, 3.8) is 0 Å². The van der Waals surface area contributed by atoms with Gasteiger partial charge in [-0.3, -0.25) is 14.3 Å². The Morgan fingerprint density at radius 3 is 2.47 bits per heavy atom. The van der Waals surface area contributed by atoms with Gasteiger partial charge < -0.3 is 24.2 Å². The van der Waals surface area contributed by atoms with E-state index in [1.165, 1.54) is 10.1 Å². The lowest BCUT2D eigenvalue weighted by molar-refractivity contribution is 0.0935. The molecule has 172 valence electrons. The molecule has 0 spiro atoms. The number of aliphatic hydroxyl groups excluding tert-OH is 1. The van der Waals surface area contributed by atoms with E-state index in [1.54, 1.807) is 11.6 Å². The molecule has 0 aliphatic carbocycles. The van der Waals surface area contributed by atoms with Crippen molar-refractivity contribution in [1.82, 2.24) is 24.0 Å². The Bertz CT molecular complexity index is 1190. The van der Waals surface area contributed by atoms with Crippen molar-refractivity contribution >= 4 is 17.1 Å². The second-order valence-corrected chi connectivity index (χ2v) is 8.27. The number of anilines is 1. The van der Waals surface area contributed by atoms with Crippen LogP contribution in [0.15, 0.2) is 33.9 Å². The highest BCUT2D eigenvalue weighted by Gasteiger charge is 2.25. The summed E-state index contributed by atoms with van der Waals surface area (Å²) in [5.41, 5.74) is 0.753. The first-order chi connectivity index (χ1) is 15.4. The molecule has 32 heavy (non-hydrogen) atoms. The SMILES string of the molecule is CCc1ccc(OC[C@@H](O)Cn2c(N3CCN(C)CC3)nc3c2c(=O)[nH]c(=O)n3C)cc1. The van der Waals surface area contributed by atoms with Crippen LogP contribution in [-0.2, 0) is 20.0 Å². The van der Waals surface area contributed by atoms with E-state index in [1.807, 2.05) is 24.3 Å². The lowest BCUT2D eigenvalue weighted by atomic mass is 10.2. The Morgan fingerprint density at radius 2 is 1.81 bits per heavy atom. The fraction of sp³-hybridized carbons (Fsp3) is 0.500. The summed E-state index contributed by atoms with van der Waals surface area (Å²) in [5, 5.41) is 10.7. The number of nitrogens with one attached hydrogen (secondary N) is 1. The summed E-state index contributed by atoms with van der Waals surface area (Å²) in [5.74, 6) is 1.25. The van der Waals surface area contributed by atoms with Gasteiger partial charge in [-0.25, -0.2) is 4.79 Å². The van der Waals surface area contributed by atoms with Crippen LogP contribution in [0.25, 0.3) is 11.2 Å². The molecule has 1 atom stereocenters. The molecule has 1 aliphatic rings. The van der Waals surface area contributed by atoms with Gasteiger partial charge in [0.1, 0.15) is 18.5 Å². The van der Waals surface area contributed by atoms with E-state index in [-0.39, 0.29) is 18.7 Å². The molecule has 0 saturated carbocycles. The number of hydrogen-bond acceptors (Lipinski definition) is 7. The van der Waals surface area contributed by atoms with Gasteiger partial charge in [0.2, 0.25) is 5.95 Å². The lowest BCUT2D eigenvalue weighted by Crippen LogP contribution is -2.45. The number of rotatable bonds is 7. The zero-order chi connectivity index (χ0) is 22.8. The van der Waals surface area contributed by atoms with Gasteiger partial charge in [0.25, 0.3) is 5.56 Å². The monoisotopic (exact) mass is 442 g/mol. The highest BCUT2D eigenvalue weighted by molar-refractivity contribution is 5.74. The Kier molecular flexibility index (Phi) is 6.33. The van der Waals surface area contributed by atoms with Crippen LogP contribution >= 0.6 is 0 Å². The second kappa shape index (κ2) is 9.17. The van der Waals surface area contributed by atoms with Crippen molar-refractivity contribution < 1.29 is 9.84 Å². The van der Waals surface area contributed by atoms with Crippen LogP contribution in [0, 0.1) is 0 Å². The van der Waals surface area contributed by atoms with Crippen molar-refractivity contribution in [3.05, 3.63) is 50.7 Å². The Labute approximate surface area is 185 Å². The standard InChI is InChI=1S/C22H30N6O4/c1-4-15-5-7-17(8-6-15)32-14-16(29)13-28-18-19(26(3)22(31)24-20(18)30)23-21(28)27-11-9-25(2)10-12-27/h5-8,16,29H,4,9-14H2,1-3H3,(H,24,30,31)/t16-/m0/s1. The van der Waals surface area contributed by atoms with Crippen molar-refractivity contribution in [2.45, 2.75) is 26.0 Å². The van der Waals surface area contributed by atoms with Crippen LogP contribution in [0.3, 0.4) is 0 Å². The Hall–Kier alpha value is -3.11. The van der Waals surface area contributed by atoms with E-state index in [0.29, 0.717) is 17.3 Å². The molecule has 10 heteroatoms. The maximum absolute atomic E-state index is 12.7. The number of imidazole rings is 1. The molecule has 1 saturated heterocycles. The third-order valence-electron chi connectivity index (χ3n) is 5.94. The summed E-state index contributed by atoms with van der Waals surface area (Å²) >= 11 is 0. The van der Waals surface area contributed by atoms with Crippen molar-refractivity contribution in [2.24, 2.45) is 7.05 Å².